The molecule has 4 fully saturated rings. The van der Waals surface area contributed by atoms with Gasteiger partial charge in [0, 0.05) is 46.3 Å². The van der Waals surface area contributed by atoms with Gasteiger partial charge in [0.25, 0.3) is 5.91 Å². The molecule has 2 amide bonds. The number of ether oxygens (including phenoxy) is 1. The van der Waals surface area contributed by atoms with Crippen LogP contribution in [0.3, 0.4) is 0 Å². The number of hydrogen-bond donors (Lipinski definition) is 4. The average Bonchev–Trinajstić information content (AvgIpc) is 3.50. The van der Waals surface area contributed by atoms with Gasteiger partial charge < -0.3 is 30.5 Å². The molecule has 4 aliphatic rings. The molecule has 3 aliphatic carbocycles. The number of halogens is 1. The number of benzene rings is 3. The number of nitrogens with one attached hydrogen (secondary N) is 2. The second kappa shape index (κ2) is 16.7. The highest BCUT2D eigenvalue weighted by atomic mass is 35.5. The van der Waals surface area contributed by atoms with E-state index in [0.717, 1.165) is 17.5 Å². The number of methoxy groups -OCH3 is 1. The first-order valence-corrected chi connectivity index (χ1v) is 19.6. The monoisotopic (exact) mass is 760 g/mol. The van der Waals surface area contributed by atoms with Crippen LogP contribution in [0.4, 0.5) is 0 Å². The quantitative estimate of drug-likeness (QED) is 0.168. The predicted molar refractivity (Wildman–Crippen MR) is 211 cm³/mol. The maximum absolute atomic E-state index is 14.2. The number of hydrogen-bond acceptors (Lipinski definition) is 8. The average molecular weight is 761 g/mol. The van der Waals surface area contributed by atoms with Crippen LogP contribution in [-0.4, -0.2) is 96.7 Å². The van der Waals surface area contributed by atoms with Gasteiger partial charge in [0.05, 0.1) is 26.4 Å². The van der Waals surface area contributed by atoms with E-state index in [9.17, 15) is 19.8 Å². The first kappa shape index (κ1) is 40.2. The molecule has 1 unspecified atom stereocenters. The Morgan fingerprint density at radius 2 is 1.83 bits per heavy atom. The van der Waals surface area contributed by atoms with E-state index >= 15 is 0 Å². The maximum Gasteiger partial charge on any atom is 0.251 e. The summed E-state index contributed by atoms with van der Waals surface area (Å²) in [5, 5.41) is 29.8. The fourth-order valence-corrected chi connectivity index (χ4v) is 9.71. The molecule has 3 aromatic carbocycles. The Kier molecular flexibility index (Phi) is 12.4. The van der Waals surface area contributed by atoms with Crippen molar-refractivity contribution in [3.05, 3.63) is 88.4 Å². The lowest BCUT2D eigenvalue weighted by Gasteiger charge is -2.62. The minimum Gasteiger partial charge on any atom is -0.496 e. The molecule has 7 rings (SSSR count). The highest BCUT2D eigenvalue weighted by Crippen LogP contribution is 2.61. The first-order valence-electron chi connectivity index (χ1n) is 19.2. The van der Waals surface area contributed by atoms with Gasteiger partial charge in [0.2, 0.25) is 5.91 Å². The minimum absolute atomic E-state index is 0.0301. The van der Waals surface area contributed by atoms with Crippen molar-refractivity contribution in [2.45, 2.75) is 83.8 Å². The van der Waals surface area contributed by atoms with Gasteiger partial charge in [-0.3, -0.25) is 14.4 Å². The lowest BCUT2D eigenvalue weighted by Crippen LogP contribution is -2.62. The van der Waals surface area contributed by atoms with Crippen LogP contribution in [0.2, 0.25) is 5.02 Å². The first-order chi connectivity index (χ1) is 25.7. The Balaban J connectivity index is 1.25. The number of fused-ring (bicyclic) bond motifs is 2. The predicted octanol–water partition coefficient (Wildman–Crippen LogP) is 5.58. The normalized spacial score (nSPS) is 27.2. The number of aliphatic hydroxyl groups excluding tert-OH is 2. The summed E-state index contributed by atoms with van der Waals surface area (Å²) in [4.78, 5) is 36.3. The number of hydroxylamine groups is 2. The number of amides is 2. The fourth-order valence-electron chi connectivity index (χ4n) is 9.48. The Hall–Kier alpha value is -3.51. The molecule has 1 heterocycles. The molecule has 3 aromatic rings. The van der Waals surface area contributed by atoms with Gasteiger partial charge in [-0.2, -0.15) is 5.06 Å². The molecule has 0 radical (unpaired) electrons. The number of rotatable bonds is 14. The number of para-hydroxylation sites is 1. The van der Waals surface area contributed by atoms with Crippen molar-refractivity contribution < 1.29 is 29.4 Å². The van der Waals surface area contributed by atoms with Crippen molar-refractivity contribution in [3.8, 4) is 16.9 Å². The zero-order valence-corrected chi connectivity index (χ0v) is 33.3. The van der Waals surface area contributed by atoms with E-state index in [1.807, 2.05) is 56.6 Å². The molecular weight excluding hydrogens is 704 g/mol. The minimum atomic E-state index is -0.909. The van der Waals surface area contributed by atoms with Crippen molar-refractivity contribution in [1.82, 2.24) is 20.6 Å². The van der Waals surface area contributed by atoms with Crippen LogP contribution >= 0.6 is 11.6 Å². The Bertz CT molecular complexity index is 1790. The SMILES string of the molecule is COc1c(CN2O[C@@H](CO)[C@@H]([C@H](C)O)[C@H]2C(=O)N[C@H]2C[C@H]3C[C@@H]([C@@H]2C)C3(C)C)cccc1-c1cc(Cl)cc(C(=O)NC(Cc2ccccc2)CN(C)C)c1. The largest absolute Gasteiger partial charge is 0.496 e. The highest BCUT2D eigenvalue weighted by molar-refractivity contribution is 6.31. The summed E-state index contributed by atoms with van der Waals surface area (Å²) in [7, 11) is 5.55. The van der Waals surface area contributed by atoms with Crippen molar-refractivity contribution in [3.63, 3.8) is 0 Å². The van der Waals surface area contributed by atoms with Crippen LogP contribution in [0.1, 0.15) is 62.0 Å². The lowest BCUT2D eigenvalue weighted by atomic mass is 9.45. The van der Waals surface area contributed by atoms with Crippen LogP contribution in [0.5, 0.6) is 5.75 Å². The smallest absolute Gasteiger partial charge is 0.251 e. The van der Waals surface area contributed by atoms with Gasteiger partial charge in [-0.05, 0) is 92.8 Å². The van der Waals surface area contributed by atoms with Crippen LogP contribution in [0.25, 0.3) is 11.1 Å². The van der Waals surface area contributed by atoms with Crippen LogP contribution in [-0.2, 0) is 22.6 Å². The van der Waals surface area contributed by atoms with E-state index in [2.05, 4.69) is 48.4 Å². The summed E-state index contributed by atoms with van der Waals surface area (Å²) in [5.41, 5.74) is 3.96. The van der Waals surface area contributed by atoms with Crippen LogP contribution < -0.4 is 15.4 Å². The van der Waals surface area contributed by atoms with Gasteiger partial charge in [0.1, 0.15) is 17.9 Å². The zero-order valence-electron chi connectivity index (χ0n) is 32.6. The molecule has 1 saturated heterocycles. The number of aliphatic hydroxyl groups is 2. The molecule has 292 valence electrons. The van der Waals surface area contributed by atoms with Crippen molar-refractivity contribution in [2.75, 3.05) is 34.4 Å². The summed E-state index contributed by atoms with van der Waals surface area (Å²) in [5.74, 6) is 0.878. The second-order valence-electron chi connectivity index (χ2n) is 16.6. The Morgan fingerprint density at radius 3 is 2.46 bits per heavy atom. The third kappa shape index (κ3) is 8.34. The van der Waals surface area contributed by atoms with Gasteiger partial charge in [-0.15, -0.1) is 0 Å². The molecule has 0 spiro atoms. The number of nitrogens with zero attached hydrogens (tertiary/aromatic N) is 2. The topological polar surface area (TPSA) is 124 Å². The molecule has 0 aromatic heterocycles. The van der Waals surface area contributed by atoms with E-state index in [1.165, 1.54) is 6.42 Å². The third-order valence-corrected chi connectivity index (χ3v) is 12.6. The van der Waals surface area contributed by atoms with Crippen molar-refractivity contribution in [2.24, 2.45) is 29.1 Å². The summed E-state index contributed by atoms with van der Waals surface area (Å²) in [6, 6.07) is 20.1. The molecule has 2 bridgehead atoms. The maximum atomic E-state index is 14.2. The fraction of sp³-hybridized carbons (Fsp3) is 0.535. The summed E-state index contributed by atoms with van der Waals surface area (Å²) in [6.45, 7) is 8.99. The third-order valence-electron chi connectivity index (χ3n) is 12.4. The van der Waals surface area contributed by atoms with E-state index in [1.54, 1.807) is 31.2 Å². The van der Waals surface area contributed by atoms with Crippen molar-refractivity contribution >= 4 is 23.4 Å². The van der Waals surface area contributed by atoms with Gasteiger partial charge in [-0.1, -0.05) is 80.9 Å². The van der Waals surface area contributed by atoms with E-state index in [-0.39, 0.29) is 42.5 Å². The van der Waals surface area contributed by atoms with Crippen LogP contribution in [0, 0.1) is 29.1 Å². The molecular formula is C43H57ClN4O6. The summed E-state index contributed by atoms with van der Waals surface area (Å²) < 4.78 is 6.02. The van der Waals surface area contributed by atoms with E-state index in [4.69, 9.17) is 21.2 Å². The molecule has 1 aliphatic heterocycles. The van der Waals surface area contributed by atoms with E-state index in [0.29, 0.717) is 58.2 Å². The molecule has 54 heavy (non-hydrogen) atoms. The molecule has 11 heteroatoms. The van der Waals surface area contributed by atoms with Crippen molar-refractivity contribution in [1.29, 1.82) is 0 Å². The second-order valence-corrected chi connectivity index (χ2v) is 17.0. The Labute approximate surface area is 325 Å². The van der Waals surface area contributed by atoms with E-state index < -0.39 is 24.2 Å². The van der Waals surface area contributed by atoms with Gasteiger partial charge in [-0.25, -0.2) is 0 Å². The number of likely N-dealkylation sites (N-methyl/N-ethyl adjacent to an activating group) is 1. The Morgan fingerprint density at radius 1 is 1.09 bits per heavy atom. The highest BCUT2D eigenvalue weighted by Gasteiger charge is 2.57. The molecule has 4 N–H and O–H groups in total. The molecule has 9 atom stereocenters. The van der Waals surface area contributed by atoms with Crippen LogP contribution in [0.15, 0.2) is 66.7 Å². The molecule has 3 saturated carbocycles. The van der Waals surface area contributed by atoms with Gasteiger partial charge in [0.15, 0.2) is 0 Å². The van der Waals surface area contributed by atoms with Gasteiger partial charge >= 0.3 is 0 Å². The number of carbonyl (C=O) groups is 2. The standard InChI is InChI=1S/C43H57ClN4O6/c1-25-35-20-31(43(35,3)4)21-36(25)46-42(52)39-38(26(2)50)37(24-49)54-48(39)22-28-14-11-15-34(40(28)53-7)29-17-30(19-32(44)18-29)41(51)45-33(23-47(5)6)16-27-12-9-8-10-13-27/h8-15,17-19,25-26,31,33,35-39,49-50H,16,20-24H2,1-7H3,(H,45,51)(H,46,52)/t25-,26-,31+,33?,35-,36-,37-,38+,39-/m0/s1. The molecule has 10 nitrogen and oxygen atoms in total. The zero-order chi connectivity index (χ0) is 38.9. The summed E-state index contributed by atoms with van der Waals surface area (Å²) in [6.07, 6.45) is 1.12. The summed E-state index contributed by atoms with van der Waals surface area (Å²) >= 11 is 6.67. The lowest BCUT2D eigenvalue weighted by molar-refractivity contribution is -0.183. The number of carbonyl (C=O) groups excluding carboxylic acids is 2.